The van der Waals surface area contributed by atoms with E-state index >= 15 is 0 Å². The predicted molar refractivity (Wildman–Crippen MR) is 109 cm³/mol. The molecule has 0 aromatic heterocycles. The van der Waals surface area contributed by atoms with Crippen LogP contribution in [0.15, 0.2) is 41.3 Å². The van der Waals surface area contributed by atoms with Crippen molar-refractivity contribution in [3.63, 3.8) is 0 Å². The van der Waals surface area contributed by atoms with Gasteiger partial charge in [0.15, 0.2) is 20.8 Å². The van der Waals surface area contributed by atoms with Crippen molar-refractivity contribution in [2.45, 2.75) is 49.0 Å². The quantitative estimate of drug-likeness (QED) is 0.770. The van der Waals surface area contributed by atoms with Gasteiger partial charge in [0.2, 0.25) is 5.91 Å². The lowest BCUT2D eigenvalue weighted by Gasteiger charge is -2.51. The van der Waals surface area contributed by atoms with Gasteiger partial charge in [-0.25, -0.2) is 8.42 Å². The molecule has 0 unspecified atom stereocenters. The molecule has 0 N–H and O–H groups in total. The van der Waals surface area contributed by atoms with E-state index in [0.717, 1.165) is 11.1 Å². The Morgan fingerprint density at radius 3 is 2.52 bits per heavy atom. The molecule has 3 atom stereocenters. The summed E-state index contributed by atoms with van der Waals surface area (Å²) in [5, 5.41) is -1.21. The molecule has 0 radical (unpaired) electrons. The molecule has 0 spiro atoms. The molecule has 1 fully saturated rings. The molecule has 2 aliphatic rings. The highest BCUT2D eigenvalue weighted by atomic mass is 32.2. The number of carbonyl (C=O) groups excluding carboxylic acids is 1. The Bertz CT molecular complexity index is 1110. The van der Waals surface area contributed by atoms with E-state index in [1.165, 1.54) is 4.90 Å². The van der Waals surface area contributed by atoms with Crippen molar-refractivity contribution in [1.29, 1.82) is 0 Å². The van der Waals surface area contributed by atoms with Gasteiger partial charge < -0.3 is 14.4 Å². The summed E-state index contributed by atoms with van der Waals surface area (Å²) in [6.45, 7) is 5.62. The number of aryl methyl sites for hydroxylation is 2. The topological polar surface area (TPSA) is 72.9 Å². The number of piperidine rings is 1. The van der Waals surface area contributed by atoms with Crippen LogP contribution in [0.5, 0.6) is 11.5 Å². The first kappa shape index (κ1) is 19.8. The molecule has 154 valence electrons. The molecule has 1 saturated heterocycles. The van der Waals surface area contributed by atoms with Gasteiger partial charge in [0.25, 0.3) is 0 Å². The zero-order chi connectivity index (χ0) is 21.1. The maximum atomic E-state index is 13.7. The molecule has 4 rings (SSSR count). The van der Waals surface area contributed by atoms with Gasteiger partial charge in [-0.05, 0) is 62.2 Å². The van der Waals surface area contributed by atoms with Crippen molar-refractivity contribution in [3.8, 4) is 11.5 Å². The third-order valence-electron chi connectivity index (χ3n) is 6.34. The number of methoxy groups -OCH3 is 1. The number of sulfone groups is 1. The Hall–Kier alpha value is -2.54. The van der Waals surface area contributed by atoms with Crippen molar-refractivity contribution >= 4 is 15.7 Å². The number of benzene rings is 2. The van der Waals surface area contributed by atoms with E-state index < -0.39 is 32.6 Å². The van der Waals surface area contributed by atoms with Gasteiger partial charge >= 0.3 is 0 Å². The highest BCUT2D eigenvalue weighted by molar-refractivity contribution is 7.92. The predicted octanol–water partition coefficient (Wildman–Crippen LogP) is 3.21. The van der Waals surface area contributed by atoms with E-state index in [2.05, 4.69) is 0 Å². The molecule has 2 aromatic carbocycles. The van der Waals surface area contributed by atoms with Gasteiger partial charge in [0, 0.05) is 24.9 Å². The first-order chi connectivity index (χ1) is 13.6. The Kier molecular flexibility index (Phi) is 4.42. The molecule has 6 nitrogen and oxygen atoms in total. The maximum absolute atomic E-state index is 13.7. The number of nitrogens with zero attached hydrogens (tertiary/aromatic N) is 1. The average Bonchev–Trinajstić information content (AvgIpc) is 2.68. The number of fused-ring (bicyclic) bond motifs is 4. The molecule has 2 aromatic rings. The van der Waals surface area contributed by atoms with Gasteiger partial charge in [0.05, 0.1) is 12.0 Å². The minimum atomic E-state index is -3.91. The second-order valence-corrected chi connectivity index (χ2v) is 10.2. The Morgan fingerprint density at radius 2 is 1.86 bits per heavy atom. The van der Waals surface area contributed by atoms with Crippen LogP contribution in [0.1, 0.15) is 36.0 Å². The van der Waals surface area contributed by atoms with Crippen molar-refractivity contribution in [2.24, 2.45) is 0 Å². The normalized spacial score (nSPS) is 26.0. The summed E-state index contributed by atoms with van der Waals surface area (Å²) < 4.78 is 38.8. The Balaban J connectivity index is 1.90. The summed E-state index contributed by atoms with van der Waals surface area (Å²) in [5.41, 5.74) is 1.69. The van der Waals surface area contributed by atoms with Crippen LogP contribution < -0.4 is 9.47 Å². The van der Waals surface area contributed by atoms with E-state index in [-0.39, 0.29) is 4.90 Å². The van der Waals surface area contributed by atoms with Gasteiger partial charge in [-0.2, -0.15) is 0 Å². The highest BCUT2D eigenvalue weighted by Gasteiger charge is 2.57. The monoisotopic (exact) mass is 415 g/mol. The minimum absolute atomic E-state index is 0.173. The summed E-state index contributed by atoms with van der Waals surface area (Å²) in [5.74, 6) is 0.221. The number of hydrogen-bond donors (Lipinski definition) is 0. The first-order valence-corrected chi connectivity index (χ1v) is 11.1. The fraction of sp³-hybridized carbons (Fsp3) is 0.409. The summed E-state index contributed by atoms with van der Waals surface area (Å²) >= 11 is 0. The standard InChI is InChI=1S/C22H25NO5S/c1-13-6-8-16(10-14(13)2)29(25,26)20-18-12-22(3,23(4)21(20)24)28-19-9-7-15(27-5)11-17(18)19/h6-11,18,20H,12H2,1-5H3/t18-,20-,22-/m0/s1. The molecule has 2 bridgehead atoms. The van der Waals surface area contributed by atoms with Crippen molar-refractivity contribution in [3.05, 3.63) is 53.1 Å². The lowest BCUT2D eigenvalue weighted by atomic mass is 9.80. The van der Waals surface area contributed by atoms with Gasteiger partial charge in [-0.15, -0.1) is 0 Å². The smallest absolute Gasteiger partial charge is 0.244 e. The van der Waals surface area contributed by atoms with Crippen LogP contribution in [0.25, 0.3) is 0 Å². The van der Waals surface area contributed by atoms with E-state index in [1.807, 2.05) is 20.8 Å². The molecule has 1 amide bonds. The molecular weight excluding hydrogens is 390 g/mol. The third kappa shape index (κ3) is 2.90. The molecular formula is C22H25NO5S. The van der Waals surface area contributed by atoms with E-state index in [1.54, 1.807) is 50.6 Å². The Labute approximate surface area is 171 Å². The van der Waals surface area contributed by atoms with E-state index in [9.17, 15) is 13.2 Å². The van der Waals surface area contributed by atoms with Crippen molar-refractivity contribution < 1.29 is 22.7 Å². The maximum Gasteiger partial charge on any atom is 0.244 e. The van der Waals surface area contributed by atoms with Crippen LogP contribution >= 0.6 is 0 Å². The summed E-state index contributed by atoms with van der Waals surface area (Å²) in [6.07, 6.45) is 0.393. The average molecular weight is 416 g/mol. The first-order valence-electron chi connectivity index (χ1n) is 9.54. The number of carbonyl (C=O) groups is 1. The number of ether oxygens (including phenoxy) is 2. The van der Waals surface area contributed by atoms with Gasteiger partial charge in [-0.1, -0.05) is 6.07 Å². The summed E-state index contributed by atoms with van der Waals surface area (Å²) in [6, 6.07) is 10.4. The SMILES string of the molecule is COc1ccc2c(c1)[C@@H]1C[C@](C)(O2)N(C)C(=O)[C@H]1S(=O)(=O)c1ccc(C)c(C)c1. The number of amides is 1. The molecule has 29 heavy (non-hydrogen) atoms. The highest BCUT2D eigenvalue weighted by Crippen LogP contribution is 2.50. The van der Waals surface area contributed by atoms with Crippen molar-refractivity contribution in [1.82, 2.24) is 4.90 Å². The molecule has 0 saturated carbocycles. The molecule has 2 aliphatic heterocycles. The number of likely N-dealkylation sites (tertiary alicyclic amines) is 1. The Morgan fingerprint density at radius 1 is 1.14 bits per heavy atom. The zero-order valence-electron chi connectivity index (χ0n) is 17.2. The van der Waals surface area contributed by atoms with Gasteiger partial charge in [0.1, 0.15) is 11.5 Å². The number of hydrogen-bond acceptors (Lipinski definition) is 5. The molecule has 2 heterocycles. The van der Waals surface area contributed by atoms with Crippen LogP contribution in [0.3, 0.4) is 0 Å². The fourth-order valence-corrected chi connectivity index (χ4v) is 6.28. The second-order valence-electron chi connectivity index (χ2n) is 8.10. The fourth-order valence-electron chi connectivity index (χ4n) is 4.29. The van der Waals surface area contributed by atoms with E-state index in [4.69, 9.17) is 9.47 Å². The lowest BCUT2D eigenvalue weighted by molar-refractivity contribution is -0.159. The largest absolute Gasteiger partial charge is 0.497 e. The van der Waals surface area contributed by atoms with E-state index in [0.29, 0.717) is 23.5 Å². The van der Waals surface area contributed by atoms with Crippen LogP contribution in [0, 0.1) is 13.8 Å². The lowest BCUT2D eigenvalue weighted by Crippen LogP contribution is -2.64. The van der Waals surface area contributed by atoms with Crippen LogP contribution in [0.2, 0.25) is 0 Å². The van der Waals surface area contributed by atoms with Crippen LogP contribution in [-0.4, -0.2) is 44.4 Å². The molecule has 0 aliphatic carbocycles. The van der Waals surface area contributed by atoms with Crippen molar-refractivity contribution in [2.75, 3.05) is 14.2 Å². The zero-order valence-corrected chi connectivity index (χ0v) is 18.0. The summed E-state index contributed by atoms with van der Waals surface area (Å²) in [7, 11) is -0.750. The minimum Gasteiger partial charge on any atom is -0.497 e. The number of rotatable bonds is 3. The van der Waals surface area contributed by atoms with Crippen LogP contribution in [-0.2, 0) is 14.6 Å². The van der Waals surface area contributed by atoms with Crippen LogP contribution in [0.4, 0.5) is 0 Å². The summed E-state index contributed by atoms with van der Waals surface area (Å²) in [4.78, 5) is 14.9. The second kappa shape index (κ2) is 6.49. The van der Waals surface area contributed by atoms with Gasteiger partial charge in [-0.3, -0.25) is 4.79 Å². The molecule has 7 heteroatoms. The third-order valence-corrected chi connectivity index (χ3v) is 8.44.